The van der Waals surface area contributed by atoms with E-state index in [0.717, 1.165) is 5.32 Å². The third-order valence-electron chi connectivity index (χ3n) is 7.34. The molecule has 0 radical (unpaired) electrons. The number of rotatable bonds is 14. The smallest absolute Gasteiger partial charge is 0.311 e. The number of alkyl halides is 36. The van der Waals surface area contributed by atoms with Crippen LogP contribution in [0.2, 0.25) is 0 Å². The molecule has 2 fully saturated rings. The van der Waals surface area contributed by atoms with Gasteiger partial charge in [0.05, 0.1) is 65.3 Å². The van der Waals surface area contributed by atoms with E-state index < -0.39 is 175 Å². The van der Waals surface area contributed by atoms with Crippen LogP contribution in [0, 0.1) is 0 Å². The third-order valence-corrected chi connectivity index (χ3v) is 7.34. The standard InChI is InChI=1S/C10H11F12N.C6H5F10N.C5H7F4N.C4H5F6N.C4H5F4N/c11-6(12,1-2-9(17,18)19)4-23-5-7(13,14)3-8(15,16)10(20,21)22;7-3(8,5(11,12)13)1-17-2-4(9,10)6(14,15)16;6-4(7)1-2-10-3-5(4,8)9;5-3(6,7)1-11-2-4(8,9)10;5-3(6)1-9-2-4(3,7)8/h23H,1-5H2;17H,1-2H2;10H,1-3H2;11H,1-2H2;9H,1-2H2. The highest BCUT2D eigenvalue weighted by Crippen LogP contribution is 2.43. The van der Waals surface area contributed by atoms with Gasteiger partial charge in [0.15, 0.2) is 0 Å². The van der Waals surface area contributed by atoms with Gasteiger partial charge in [-0.1, -0.05) is 0 Å². The number of hydrogen-bond donors (Lipinski definition) is 5. The van der Waals surface area contributed by atoms with Crippen molar-refractivity contribution in [3.8, 4) is 0 Å². The molecule has 0 bridgehead atoms. The maximum Gasteiger partial charge on any atom is 0.454 e. The molecule has 2 rings (SSSR count). The summed E-state index contributed by atoms with van der Waals surface area (Å²) in [5.74, 6) is -40.7. The fourth-order valence-electron chi connectivity index (χ4n) is 3.69. The van der Waals surface area contributed by atoms with Gasteiger partial charge in [-0.2, -0.15) is 140 Å². The van der Waals surface area contributed by atoms with Crippen molar-refractivity contribution in [1.82, 2.24) is 26.6 Å². The van der Waals surface area contributed by atoms with Gasteiger partial charge in [0.1, 0.15) is 0 Å². The summed E-state index contributed by atoms with van der Waals surface area (Å²) >= 11 is 0. The van der Waals surface area contributed by atoms with Gasteiger partial charge in [-0.15, -0.1) is 0 Å². The van der Waals surface area contributed by atoms with Gasteiger partial charge >= 0.3 is 78.5 Å². The molecular weight excluding hydrogens is 1100 g/mol. The summed E-state index contributed by atoms with van der Waals surface area (Å²) in [5, 5.41) is 7.27. The van der Waals surface area contributed by atoms with E-state index in [4.69, 9.17) is 0 Å². The Bertz CT molecular complexity index is 1400. The average Bonchev–Trinajstić information content (AvgIpc) is 3.31. The maximum atomic E-state index is 12.9. The lowest BCUT2D eigenvalue weighted by Gasteiger charge is -2.31. The minimum absolute atomic E-state index is 0.0391. The normalized spacial score (nSPS) is 19.0. The molecule has 41 heteroatoms. The Kier molecular flexibility index (Phi) is 25.6. The minimum Gasteiger partial charge on any atom is -0.311 e. The van der Waals surface area contributed by atoms with Gasteiger partial charge in [0, 0.05) is 25.8 Å². The van der Waals surface area contributed by atoms with Gasteiger partial charge in [0.25, 0.3) is 11.8 Å². The van der Waals surface area contributed by atoms with Gasteiger partial charge in [0.2, 0.25) is 0 Å². The van der Waals surface area contributed by atoms with Crippen LogP contribution in [0.3, 0.4) is 0 Å². The Morgan fingerprint density at radius 2 is 0.614 bits per heavy atom. The molecule has 0 saturated carbocycles. The van der Waals surface area contributed by atoms with E-state index in [1.54, 1.807) is 0 Å². The summed E-state index contributed by atoms with van der Waals surface area (Å²) in [6.45, 7) is -14.4. The van der Waals surface area contributed by atoms with Crippen molar-refractivity contribution in [2.24, 2.45) is 0 Å². The number of hydrogen-bond acceptors (Lipinski definition) is 5. The fourth-order valence-corrected chi connectivity index (χ4v) is 3.69. The lowest BCUT2D eigenvalue weighted by molar-refractivity contribution is -0.300. The summed E-state index contributed by atoms with van der Waals surface area (Å²) in [7, 11) is 0. The summed E-state index contributed by atoms with van der Waals surface area (Å²) in [6.07, 6.45) is -39.8. The van der Waals surface area contributed by atoms with Crippen molar-refractivity contribution in [1.29, 1.82) is 0 Å². The summed E-state index contributed by atoms with van der Waals surface area (Å²) in [5.41, 5.74) is 0. The van der Waals surface area contributed by atoms with Crippen molar-refractivity contribution in [3.05, 3.63) is 0 Å². The Balaban J connectivity index is -0.000000840. The van der Waals surface area contributed by atoms with Crippen LogP contribution in [0.15, 0.2) is 0 Å². The van der Waals surface area contributed by atoms with E-state index in [1.165, 1.54) is 10.6 Å². The second-order valence-corrected chi connectivity index (χ2v) is 14.0. The largest absolute Gasteiger partial charge is 0.454 e. The second-order valence-electron chi connectivity index (χ2n) is 14.0. The zero-order valence-electron chi connectivity index (χ0n) is 33.5. The molecule has 2 aliphatic rings. The highest BCUT2D eigenvalue weighted by atomic mass is 19.5. The molecule has 0 aromatic rings. The molecule has 5 N–H and O–H groups in total. The zero-order chi connectivity index (χ0) is 56.9. The molecule has 2 aliphatic heterocycles. The lowest BCUT2D eigenvalue weighted by Crippen LogP contribution is -2.53. The molecule has 2 heterocycles. The van der Waals surface area contributed by atoms with Crippen LogP contribution in [-0.2, 0) is 0 Å². The average molecular weight is 1140 g/mol. The zero-order valence-corrected chi connectivity index (χ0v) is 33.5. The molecule has 0 atom stereocenters. The number of halogens is 36. The van der Waals surface area contributed by atoms with E-state index in [9.17, 15) is 158 Å². The van der Waals surface area contributed by atoms with Crippen LogP contribution in [0.25, 0.3) is 0 Å². The van der Waals surface area contributed by atoms with E-state index in [2.05, 4.69) is 5.32 Å². The van der Waals surface area contributed by atoms with Crippen LogP contribution in [0.5, 0.6) is 0 Å². The number of piperidine rings is 1. The highest BCUT2D eigenvalue weighted by molar-refractivity contribution is 4.95. The van der Waals surface area contributed by atoms with Crippen LogP contribution in [0.4, 0.5) is 158 Å². The first-order valence-electron chi connectivity index (χ1n) is 17.5. The molecule has 426 valence electrons. The molecule has 2 saturated heterocycles. The van der Waals surface area contributed by atoms with Crippen LogP contribution < -0.4 is 26.6 Å². The van der Waals surface area contributed by atoms with Crippen molar-refractivity contribution in [2.45, 2.75) is 116 Å². The number of nitrogens with one attached hydrogen (secondary N) is 5. The van der Waals surface area contributed by atoms with Gasteiger partial charge < -0.3 is 26.6 Å². The van der Waals surface area contributed by atoms with Crippen molar-refractivity contribution >= 4 is 0 Å². The van der Waals surface area contributed by atoms with Gasteiger partial charge in [-0.05, 0) is 0 Å². The third kappa shape index (κ3) is 29.1. The van der Waals surface area contributed by atoms with Crippen LogP contribution in [-0.4, -0.2) is 156 Å². The molecular formula is C29H33F36N5. The Hall–Kier alpha value is -2.72. The molecule has 5 nitrogen and oxygen atoms in total. The Morgan fingerprint density at radius 3 is 0.871 bits per heavy atom. The van der Waals surface area contributed by atoms with Crippen molar-refractivity contribution in [3.63, 3.8) is 0 Å². The van der Waals surface area contributed by atoms with Crippen LogP contribution in [0.1, 0.15) is 25.7 Å². The minimum atomic E-state index is -6.24. The quantitative estimate of drug-likeness (QED) is 0.112. The van der Waals surface area contributed by atoms with Crippen LogP contribution >= 0.6 is 0 Å². The first-order chi connectivity index (χ1) is 30.2. The lowest BCUT2D eigenvalue weighted by atomic mass is 10.1. The van der Waals surface area contributed by atoms with E-state index in [-0.39, 0.29) is 6.54 Å². The molecule has 0 aliphatic carbocycles. The molecule has 70 heavy (non-hydrogen) atoms. The molecule has 0 amide bonds. The predicted molar refractivity (Wildman–Crippen MR) is 164 cm³/mol. The predicted octanol–water partition coefficient (Wildman–Crippen LogP) is 11.6. The van der Waals surface area contributed by atoms with Crippen molar-refractivity contribution in [2.75, 3.05) is 65.4 Å². The molecule has 0 spiro atoms. The summed E-state index contributed by atoms with van der Waals surface area (Å²) in [4.78, 5) is 0. The topological polar surface area (TPSA) is 60.1 Å². The highest BCUT2D eigenvalue weighted by Gasteiger charge is 2.63. The van der Waals surface area contributed by atoms with E-state index in [1.807, 2.05) is 5.32 Å². The maximum absolute atomic E-state index is 12.9. The summed E-state index contributed by atoms with van der Waals surface area (Å²) < 4.78 is 428. The Labute approximate surface area is 367 Å². The SMILES string of the molecule is FC(F)(F)C(F)(F)CNCC(F)(F)C(F)(F)F.FC(F)(F)CCC(F)(F)CNCC(F)(F)CC(F)(F)C(F)(F)F.FC(F)(F)CNCC(F)(F)F.FC1(F)CCNCC1(F)F.FC1(F)CNCC1(F)F. The van der Waals surface area contributed by atoms with Crippen molar-refractivity contribution < 1.29 is 158 Å². The summed E-state index contributed by atoms with van der Waals surface area (Å²) in [6, 6.07) is 0. The van der Waals surface area contributed by atoms with Gasteiger partial charge in [-0.25, -0.2) is 17.6 Å². The van der Waals surface area contributed by atoms with E-state index in [0.29, 0.717) is 0 Å². The monoisotopic (exact) mass is 1140 g/mol. The first kappa shape index (κ1) is 71.5. The Morgan fingerprint density at radius 1 is 0.314 bits per heavy atom. The second kappa shape index (κ2) is 25.0. The molecule has 0 aromatic heterocycles. The first-order valence-corrected chi connectivity index (χ1v) is 17.5. The van der Waals surface area contributed by atoms with E-state index >= 15 is 0 Å². The molecule has 0 aromatic carbocycles. The van der Waals surface area contributed by atoms with Gasteiger partial charge in [-0.3, -0.25) is 0 Å². The molecule has 0 unspecified atom stereocenters. The fraction of sp³-hybridized carbons (Fsp3) is 1.00.